The summed E-state index contributed by atoms with van der Waals surface area (Å²) in [6.45, 7) is 2.08. The predicted octanol–water partition coefficient (Wildman–Crippen LogP) is 2.91. The molecule has 1 fully saturated rings. The van der Waals surface area contributed by atoms with Gasteiger partial charge in [0.15, 0.2) is 0 Å². The molecule has 0 aliphatic heterocycles. The van der Waals surface area contributed by atoms with E-state index in [1.54, 1.807) is 0 Å². The lowest BCUT2D eigenvalue weighted by molar-refractivity contribution is -0.134. The Morgan fingerprint density at radius 1 is 1.25 bits per heavy atom. The Balaban J connectivity index is 2.05. The molecule has 20 heavy (non-hydrogen) atoms. The quantitative estimate of drug-likeness (QED) is 0.917. The highest BCUT2D eigenvalue weighted by Crippen LogP contribution is 2.26. The van der Waals surface area contributed by atoms with Crippen molar-refractivity contribution >= 4 is 5.91 Å². The summed E-state index contributed by atoms with van der Waals surface area (Å²) in [6.07, 6.45) is 4.98. The zero-order valence-corrected chi connectivity index (χ0v) is 12.6. The first kappa shape index (κ1) is 15.0. The number of nitrogens with zero attached hydrogens (tertiary/aromatic N) is 1. The van der Waals surface area contributed by atoms with E-state index in [9.17, 15) is 4.79 Å². The van der Waals surface area contributed by atoms with E-state index in [1.165, 1.54) is 0 Å². The maximum Gasteiger partial charge on any atom is 0.230 e. The van der Waals surface area contributed by atoms with E-state index < -0.39 is 0 Å². The number of benzene rings is 1. The molecule has 1 unspecified atom stereocenters. The minimum absolute atomic E-state index is 0.0169. The summed E-state index contributed by atoms with van der Waals surface area (Å²) in [5, 5.41) is 0. The maximum atomic E-state index is 12.8. The lowest BCUT2D eigenvalue weighted by atomic mass is 9.89. The summed E-state index contributed by atoms with van der Waals surface area (Å²) in [5.41, 5.74) is 7.07. The van der Waals surface area contributed by atoms with E-state index in [2.05, 4.69) is 19.1 Å². The van der Waals surface area contributed by atoms with E-state index in [0.29, 0.717) is 12.1 Å². The van der Waals surface area contributed by atoms with Crippen molar-refractivity contribution < 1.29 is 4.79 Å². The molecule has 0 spiro atoms. The highest BCUT2D eigenvalue weighted by molar-refractivity contribution is 5.83. The molecule has 3 nitrogen and oxygen atoms in total. The number of nitrogens with two attached hydrogens (primary N) is 1. The number of likely N-dealkylation sites (N-methyl/N-ethyl adjacent to an activating group) is 1. The number of amides is 1. The van der Waals surface area contributed by atoms with Crippen molar-refractivity contribution in [2.45, 2.75) is 57.0 Å². The molecule has 0 heterocycles. The van der Waals surface area contributed by atoms with E-state index >= 15 is 0 Å². The smallest absolute Gasteiger partial charge is 0.230 e. The van der Waals surface area contributed by atoms with Crippen molar-refractivity contribution in [3.8, 4) is 0 Å². The third-order valence-electron chi connectivity index (χ3n) is 4.54. The van der Waals surface area contributed by atoms with Crippen molar-refractivity contribution in [2.75, 3.05) is 7.05 Å². The third kappa shape index (κ3) is 3.40. The van der Waals surface area contributed by atoms with Crippen LogP contribution in [0.1, 0.15) is 50.5 Å². The van der Waals surface area contributed by atoms with Crippen LogP contribution in [0.5, 0.6) is 0 Å². The van der Waals surface area contributed by atoms with Crippen molar-refractivity contribution in [2.24, 2.45) is 5.73 Å². The molecule has 0 aromatic heterocycles. The van der Waals surface area contributed by atoms with Gasteiger partial charge in [-0.25, -0.2) is 0 Å². The average Bonchev–Trinajstić information content (AvgIpc) is 2.49. The molecule has 2 N–H and O–H groups in total. The molecule has 1 amide bonds. The van der Waals surface area contributed by atoms with Crippen molar-refractivity contribution in [3.63, 3.8) is 0 Å². The highest BCUT2D eigenvalue weighted by atomic mass is 16.2. The zero-order chi connectivity index (χ0) is 14.5. The molecule has 1 saturated carbocycles. The molecule has 1 atom stereocenters. The fourth-order valence-electron chi connectivity index (χ4n) is 3.15. The second-order valence-corrected chi connectivity index (χ2v) is 5.89. The van der Waals surface area contributed by atoms with E-state index in [-0.39, 0.29) is 11.8 Å². The molecule has 0 saturated heterocycles. The molecule has 110 valence electrons. The zero-order valence-electron chi connectivity index (χ0n) is 12.6. The van der Waals surface area contributed by atoms with Crippen LogP contribution in [0.25, 0.3) is 0 Å². The standard InChI is InChI=1S/C17H26N2O/c1-3-16(13-7-5-4-6-8-13)17(20)19(2)15-11-9-14(18)10-12-15/h4-8,14-16H,3,9-12,18H2,1-2H3. The van der Waals surface area contributed by atoms with Crippen LogP contribution in [0.4, 0.5) is 0 Å². The molecule has 1 aromatic rings. The van der Waals surface area contributed by atoms with Gasteiger partial charge in [0.05, 0.1) is 5.92 Å². The second-order valence-electron chi connectivity index (χ2n) is 5.89. The summed E-state index contributed by atoms with van der Waals surface area (Å²) in [6, 6.07) is 10.8. The fraction of sp³-hybridized carbons (Fsp3) is 0.588. The van der Waals surface area contributed by atoms with Crippen LogP contribution >= 0.6 is 0 Å². The monoisotopic (exact) mass is 274 g/mol. The molecule has 0 bridgehead atoms. The van der Waals surface area contributed by atoms with Gasteiger partial charge in [-0.15, -0.1) is 0 Å². The van der Waals surface area contributed by atoms with Gasteiger partial charge in [0.25, 0.3) is 0 Å². The number of hydrogen-bond acceptors (Lipinski definition) is 2. The Morgan fingerprint density at radius 2 is 1.85 bits per heavy atom. The van der Waals surface area contributed by atoms with E-state index in [0.717, 1.165) is 37.7 Å². The minimum Gasteiger partial charge on any atom is -0.342 e. The van der Waals surface area contributed by atoms with Crippen LogP contribution in [0.15, 0.2) is 30.3 Å². The summed E-state index contributed by atoms with van der Waals surface area (Å²) in [7, 11) is 1.95. The van der Waals surface area contributed by atoms with E-state index in [1.807, 2.05) is 30.1 Å². The Labute approximate surface area is 122 Å². The maximum absolute atomic E-state index is 12.8. The molecule has 1 aliphatic carbocycles. The number of carbonyl (C=O) groups is 1. The van der Waals surface area contributed by atoms with Crippen molar-refractivity contribution in [1.82, 2.24) is 4.90 Å². The molecule has 0 radical (unpaired) electrons. The van der Waals surface area contributed by atoms with Gasteiger partial charge in [-0.2, -0.15) is 0 Å². The SMILES string of the molecule is CCC(C(=O)N(C)C1CCC(N)CC1)c1ccccc1. The van der Waals surface area contributed by atoms with Gasteiger partial charge in [0, 0.05) is 19.1 Å². The van der Waals surface area contributed by atoms with Crippen LogP contribution in [-0.4, -0.2) is 29.9 Å². The highest BCUT2D eigenvalue weighted by Gasteiger charge is 2.29. The summed E-state index contributed by atoms with van der Waals surface area (Å²) >= 11 is 0. The third-order valence-corrected chi connectivity index (χ3v) is 4.54. The Bertz CT molecular complexity index is 424. The Kier molecular flexibility index (Phi) is 5.18. The predicted molar refractivity (Wildman–Crippen MR) is 82.5 cm³/mol. The van der Waals surface area contributed by atoms with Gasteiger partial charge < -0.3 is 10.6 Å². The summed E-state index contributed by atoms with van der Waals surface area (Å²) < 4.78 is 0. The van der Waals surface area contributed by atoms with Crippen molar-refractivity contribution in [3.05, 3.63) is 35.9 Å². The lowest BCUT2D eigenvalue weighted by Crippen LogP contribution is -2.43. The van der Waals surface area contributed by atoms with Gasteiger partial charge in [-0.1, -0.05) is 37.3 Å². The van der Waals surface area contributed by atoms with Crippen molar-refractivity contribution in [1.29, 1.82) is 0 Å². The Hall–Kier alpha value is -1.35. The molecule has 1 aromatic carbocycles. The van der Waals surface area contributed by atoms with Crippen LogP contribution in [-0.2, 0) is 4.79 Å². The molecular weight excluding hydrogens is 248 g/mol. The first-order valence-corrected chi connectivity index (χ1v) is 7.70. The van der Waals surface area contributed by atoms with E-state index in [4.69, 9.17) is 5.73 Å². The second kappa shape index (κ2) is 6.89. The molecule has 2 rings (SSSR count). The van der Waals surface area contributed by atoms with Crippen LogP contribution < -0.4 is 5.73 Å². The topological polar surface area (TPSA) is 46.3 Å². The molecule has 1 aliphatic rings. The van der Waals surface area contributed by atoms with Gasteiger partial charge in [0.2, 0.25) is 5.91 Å². The molecular formula is C17H26N2O. The van der Waals surface area contributed by atoms with Gasteiger partial charge >= 0.3 is 0 Å². The number of carbonyl (C=O) groups excluding carboxylic acids is 1. The molecule has 3 heteroatoms. The van der Waals surface area contributed by atoms with Gasteiger partial charge in [-0.05, 0) is 37.7 Å². The number of rotatable bonds is 4. The minimum atomic E-state index is -0.0169. The van der Waals surface area contributed by atoms with Gasteiger partial charge in [0.1, 0.15) is 0 Å². The van der Waals surface area contributed by atoms with Crippen LogP contribution in [0.2, 0.25) is 0 Å². The number of hydrogen-bond donors (Lipinski definition) is 1. The lowest BCUT2D eigenvalue weighted by Gasteiger charge is -2.35. The summed E-state index contributed by atoms with van der Waals surface area (Å²) in [5.74, 6) is 0.232. The van der Waals surface area contributed by atoms with Gasteiger partial charge in [-0.3, -0.25) is 4.79 Å². The summed E-state index contributed by atoms with van der Waals surface area (Å²) in [4.78, 5) is 14.7. The van der Waals surface area contributed by atoms with Crippen LogP contribution in [0, 0.1) is 0 Å². The first-order chi connectivity index (χ1) is 9.63. The largest absolute Gasteiger partial charge is 0.342 e. The normalized spacial score (nSPS) is 24.1. The van der Waals surface area contributed by atoms with Crippen LogP contribution in [0.3, 0.4) is 0 Å². The Morgan fingerprint density at radius 3 is 2.40 bits per heavy atom. The fourth-order valence-corrected chi connectivity index (χ4v) is 3.15. The first-order valence-electron chi connectivity index (χ1n) is 7.70. The average molecular weight is 274 g/mol.